The second-order valence-corrected chi connectivity index (χ2v) is 12.8. The number of hydrogen-bond acceptors (Lipinski definition) is 6. The molecular formula is C39H72O6. The molecular weight excluding hydrogens is 564 g/mol. The van der Waals surface area contributed by atoms with E-state index in [2.05, 4.69) is 32.9 Å². The molecule has 0 spiro atoms. The summed E-state index contributed by atoms with van der Waals surface area (Å²) in [7, 11) is 0. The van der Waals surface area contributed by atoms with Crippen LogP contribution in [0.5, 0.6) is 0 Å². The van der Waals surface area contributed by atoms with Crippen molar-refractivity contribution in [2.24, 2.45) is 0 Å². The zero-order valence-corrected chi connectivity index (χ0v) is 29.9. The first-order chi connectivity index (χ1) is 22.0. The highest BCUT2D eigenvalue weighted by Gasteiger charge is 2.19. The molecule has 0 aliphatic heterocycles. The molecule has 0 aromatic carbocycles. The van der Waals surface area contributed by atoms with Gasteiger partial charge in [-0.2, -0.15) is 0 Å². The summed E-state index contributed by atoms with van der Waals surface area (Å²) in [5.74, 6) is -0.896. The Morgan fingerprint density at radius 3 is 1.13 bits per heavy atom. The molecule has 6 nitrogen and oxygen atoms in total. The summed E-state index contributed by atoms with van der Waals surface area (Å²) >= 11 is 0. The van der Waals surface area contributed by atoms with Crippen LogP contribution in [0.3, 0.4) is 0 Å². The molecule has 0 aliphatic rings. The Morgan fingerprint density at radius 2 is 0.733 bits per heavy atom. The van der Waals surface area contributed by atoms with Crippen LogP contribution < -0.4 is 0 Å². The molecule has 0 aromatic heterocycles. The van der Waals surface area contributed by atoms with E-state index in [1.165, 1.54) is 96.3 Å². The zero-order chi connectivity index (χ0) is 33.1. The minimum absolute atomic E-state index is 0.0711. The van der Waals surface area contributed by atoms with E-state index >= 15 is 0 Å². The van der Waals surface area contributed by atoms with Gasteiger partial charge in [0.05, 0.1) is 0 Å². The fourth-order valence-corrected chi connectivity index (χ4v) is 5.32. The van der Waals surface area contributed by atoms with Gasteiger partial charge in [-0.1, -0.05) is 148 Å². The Morgan fingerprint density at radius 1 is 0.422 bits per heavy atom. The lowest BCUT2D eigenvalue weighted by atomic mass is 10.1. The maximum absolute atomic E-state index is 12.5. The molecule has 0 fully saturated rings. The van der Waals surface area contributed by atoms with Crippen molar-refractivity contribution in [1.82, 2.24) is 0 Å². The molecule has 0 rings (SSSR count). The number of hydrogen-bond donors (Lipinski definition) is 0. The Hall–Kier alpha value is -1.85. The van der Waals surface area contributed by atoms with Crippen LogP contribution in [-0.2, 0) is 28.6 Å². The molecule has 0 heterocycles. The van der Waals surface area contributed by atoms with E-state index in [-0.39, 0.29) is 31.1 Å². The van der Waals surface area contributed by atoms with Gasteiger partial charge in [-0.05, 0) is 44.9 Å². The second-order valence-electron chi connectivity index (χ2n) is 12.8. The Labute approximate surface area is 278 Å². The number of unbranched alkanes of at least 4 members (excludes halogenated alkanes) is 21. The van der Waals surface area contributed by atoms with Crippen molar-refractivity contribution in [1.29, 1.82) is 0 Å². The van der Waals surface area contributed by atoms with E-state index in [4.69, 9.17) is 14.2 Å². The summed E-state index contributed by atoms with van der Waals surface area (Å²) in [5, 5.41) is 0. The molecule has 45 heavy (non-hydrogen) atoms. The molecule has 0 saturated heterocycles. The number of rotatable bonds is 34. The van der Waals surface area contributed by atoms with Gasteiger partial charge in [0, 0.05) is 19.3 Å². The summed E-state index contributed by atoms with van der Waals surface area (Å²) in [4.78, 5) is 37.2. The van der Waals surface area contributed by atoms with Gasteiger partial charge in [0.25, 0.3) is 0 Å². The maximum Gasteiger partial charge on any atom is 0.306 e. The van der Waals surface area contributed by atoms with Gasteiger partial charge >= 0.3 is 17.9 Å². The van der Waals surface area contributed by atoms with Gasteiger partial charge in [-0.15, -0.1) is 0 Å². The summed E-state index contributed by atoms with van der Waals surface area (Å²) in [5.41, 5.74) is 0. The molecule has 6 heteroatoms. The molecule has 1 atom stereocenters. The molecule has 1 unspecified atom stereocenters. The van der Waals surface area contributed by atoms with Crippen molar-refractivity contribution in [2.45, 2.75) is 207 Å². The highest BCUT2D eigenvalue weighted by atomic mass is 16.6. The minimum atomic E-state index is -0.760. The van der Waals surface area contributed by atoms with E-state index in [0.717, 1.165) is 64.2 Å². The van der Waals surface area contributed by atoms with Gasteiger partial charge in [-0.3, -0.25) is 14.4 Å². The third-order valence-corrected chi connectivity index (χ3v) is 8.27. The molecule has 264 valence electrons. The molecule has 0 aliphatic carbocycles. The number of ether oxygens (including phenoxy) is 3. The molecule has 0 N–H and O–H groups in total. The van der Waals surface area contributed by atoms with E-state index in [1.807, 2.05) is 0 Å². The van der Waals surface area contributed by atoms with Crippen LogP contribution >= 0.6 is 0 Å². The van der Waals surface area contributed by atoms with Crippen LogP contribution in [0.2, 0.25) is 0 Å². The minimum Gasteiger partial charge on any atom is -0.462 e. The Balaban J connectivity index is 4.29. The second kappa shape index (κ2) is 35.0. The first kappa shape index (κ1) is 43.1. The highest BCUT2D eigenvalue weighted by molar-refractivity contribution is 5.71. The molecule has 0 bridgehead atoms. The molecule has 0 amide bonds. The topological polar surface area (TPSA) is 78.9 Å². The SMILES string of the molecule is CCCCCC/C=C\CCCCCCCC(=O)OCC(COC(=O)CCCCCCCC)OC(=O)CCCCCCCCCC. The van der Waals surface area contributed by atoms with E-state index in [0.29, 0.717) is 19.3 Å². The third kappa shape index (κ3) is 33.3. The Kier molecular flexibility index (Phi) is 33.6. The largest absolute Gasteiger partial charge is 0.462 e. The number of allylic oxidation sites excluding steroid dienone is 2. The van der Waals surface area contributed by atoms with E-state index in [9.17, 15) is 14.4 Å². The average Bonchev–Trinajstić information content (AvgIpc) is 3.03. The lowest BCUT2D eigenvalue weighted by Gasteiger charge is -2.18. The van der Waals surface area contributed by atoms with Crippen molar-refractivity contribution in [2.75, 3.05) is 13.2 Å². The van der Waals surface area contributed by atoms with Crippen molar-refractivity contribution >= 4 is 17.9 Å². The van der Waals surface area contributed by atoms with Crippen molar-refractivity contribution in [3.63, 3.8) is 0 Å². The fraction of sp³-hybridized carbons (Fsp3) is 0.872. The number of carbonyl (C=O) groups excluding carboxylic acids is 3. The predicted molar refractivity (Wildman–Crippen MR) is 187 cm³/mol. The van der Waals surface area contributed by atoms with Crippen LogP contribution in [0.25, 0.3) is 0 Å². The monoisotopic (exact) mass is 637 g/mol. The summed E-state index contributed by atoms with van der Waals surface area (Å²) < 4.78 is 16.5. The lowest BCUT2D eigenvalue weighted by Crippen LogP contribution is -2.30. The van der Waals surface area contributed by atoms with Gasteiger partial charge in [-0.25, -0.2) is 0 Å². The molecule has 0 aromatic rings. The normalized spacial score (nSPS) is 12.0. The van der Waals surface area contributed by atoms with Crippen LogP contribution in [0.15, 0.2) is 12.2 Å². The van der Waals surface area contributed by atoms with Gasteiger partial charge in [0.1, 0.15) is 13.2 Å². The number of esters is 3. The maximum atomic E-state index is 12.5. The number of carbonyl (C=O) groups is 3. The van der Waals surface area contributed by atoms with Crippen LogP contribution in [-0.4, -0.2) is 37.2 Å². The quantitative estimate of drug-likeness (QED) is 0.0303. The van der Waals surface area contributed by atoms with Crippen molar-refractivity contribution in [3.05, 3.63) is 12.2 Å². The highest BCUT2D eigenvalue weighted by Crippen LogP contribution is 2.13. The summed E-state index contributed by atoms with van der Waals surface area (Å²) in [6.07, 6.45) is 33.6. The van der Waals surface area contributed by atoms with Gasteiger partial charge in [0.15, 0.2) is 6.10 Å². The first-order valence-corrected chi connectivity index (χ1v) is 19.2. The summed E-state index contributed by atoms with van der Waals surface area (Å²) in [6, 6.07) is 0. The van der Waals surface area contributed by atoms with Crippen LogP contribution in [0, 0.1) is 0 Å². The van der Waals surface area contributed by atoms with E-state index in [1.54, 1.807) is 0 Å². The Bertz CT molecular complexity index is 704. The van der Waals surface area contributed by atoms with Crippen molar-refractivity contribution < 1.29 is 28.6 Å². The van der Waals surface area contributed by atoms with Gasteiger partial charge in [0.2, 0.25) is 0 Å². The first-order valence-electron chi connectivity index (χ1n) is 19.2. The average molecular weight is 637 g/mol. The standard InChI is InChI=1S/C39H72O6/c1-4-7-10-13-16-18-19-20-21-22-24-26-29-32-38(41)44-35-36(34-43-37(40)31-28-25-15-12-9-6-3)45-39(42)33-30-27-23-17-14-11-8-5-2/h18-19,36H,4-17,20-35H2,1-3H3/b19-18-. The fourth-order valence-electron chi connectivity index (χ4n) is 5.32. The van der Waals surface area contributed by atoms with Crippen molar-refractivity contribution in [3.8, 4) is 0 Å². The van der Waals surface area contributed by atoms with Crippen LogP contribution in [0.1, 0.15) is 201 Å². The van der Waals surface area contributed by atoms with E-state index < -0.39 is 6.10 Å². The summed E-state index contributed by atoms with van der Waals surface area (Å²) in [6.45, 7) is 6.50. The smallest absolute Gasteiger partial charge is 0.306 e. The van der Waals surface area contributed by atoms with Gasteiger partial charge < -0.3 is 14.2 Å². The molecule has 0 saturated carbocycles. The lowest BCUT2D eigenvalue weighted by molar-refractivity contribution is -0.167. The zero-order valence-electron chi connectivity index (χ0n) is 29.9. The third-order valence-electron chi connectivity index (χ3n) is 8.27. The van der Waals surface area contributed by atoms with Crippen LogP contribution in [0.4, 0.5) is 0 Å². The molecule has 0 radical (unpaired) electrons. The predicted octanol–water partition coefficient (Wildman–Crippen LogP) is 11.5.